The Bertz CT molecular complexity index is 630. The Labute approximate surface area is 129 Å². The SMILES string of the molecule is CC(C)c1cc(C(=O)N2CCN(c3ncccn3)CC2)[nH]n1. The molecule has 7 heteroatoms. The highest BCUT2D eigenvalue weighted by Gasteiger charge is 2.24. The molecule has 1 fully saturated rings. The van der Waals surface area contributed by atoms with Crippen LogP contribution in [0.2, 0.25) is 0 Å². The van der Waals surface area contributed by atoms with E-state index >= 15 is 0 Å². The van der Waals surface area contributed by atoms with Gasteiger partial charge in [-0.3, -0.25) is 9.89 Å². The van der Waals surface area contributed by atoms with E-state index in [1.54, 1.807) is 18.5 Å². The maximum Gasteiger partial charge on any atom is 0.271 e. The molecule has 116 valence electrons. The number of carbonyl (C=O) groups is 1. The topological polar surface area (TPSA) is 78.0 Å². The standard InChI is InChI=1S/C15H20N6O/c1-11(2)12-10-13(19-18-12)14(22)20-6-8-21(9-7-20)15-16-4-3-5-17-15/h3-5,10-11H,6-9H2,1-2H3,(H,18,19). The average molecular weight is 300 g/mol. The highest BCUT2D eigenvalue weighted by Crippen LogP contribution is 2.15. The van der Waals surface area contributed by atoms with Gasteiger partial charge >= 0.3 is 0 Å². The molecule has 7 nitrogen and oxygen atoms in total. The van der Waals surface area contributed by atoms with Gasteiger partial charge in [-0.15, -0.1) is 0 Å². The Morgan fingerprint density at radius 1 is 1.18 bits per heavy atom. The van der Waals surface area contributed by atoms with Gasteiger partial charge < -0.3 is 9.80 Å². The van der Waals surface area contributed by atoms with Gasteiger partial charge in [0.25, 0.3) is 5.91 Å². The minimum Gasteiger partial charge on any atom is -0.337 e. The van der Waals surface area contributed by atoms with Gasteiger partial charge in [0, 0.05) is 38.6 Å². The van der Waals surface area contributed by atoms with Crippen LogP contribution in [0.4, 0.5) is 5.95 Å². The minimum atomic E-state index is 0.00744. The van der Waals surface area contributed by atoms with Crippen LogP contribution in [0.5, 0.6) is 0 Å². The molecule has 2 aromatic heterocycles. The van der Waals surface area contributed by atoms with Crippen LogP contribution in [0.3, 0.4) is 0 Å². The van der Waals surface area contributed by atoms with Crippen molar-refractivity contribution >= 4 is 11.9 Å². The van der Waals surface area contributed by atoms with Gasteiger partial charge in [0.05, 0.1) is 5.69 Å². The van der Waals surface area contributed by atoms with Crippen LogP contribution in [0.15, 0.2) is 24.5 Å². The number of aromatic amines is 1. The molecule has 1 aliphatic rings. The lowest BCUT2D eigenvalue weighted by Gasteiger charge is -2.34. The fraction of sp³-hybridized carbons (Fsp3) is 0.467. The highest BCUT2D eigenvalue weighted by atomic mass is 16.2. The van der Waals surface area contributed by atoms with Crippen molar-refractivity contribution in [3.8, 4) is 0 Å². The molecule has 0 saturated carbocycles. The van der Waals surface area contributed by atoms with Crippen molar-refractivity contribution in [1.29, 1.82) is 0 Å². The van der Waals surface area contributed by atoms with Crippen LogP contribution >= 0.6 is 0 Å². The molecule has 1 amide bonds. The normalized spacial score (nSPS) is 15.4. The molecule has 0 bridgehead atoms. The summed E-state index contributed by atoms with van der Waals surface area (Å²) in [6, 6.07) is 3.65. The van der Waals surface area contributed by atoms with E-state index < -0.39 is 0 Å². The van der Waals surface area contributed by atoms with E-state index in [0.29, 0.717) is 24.7 Å². The van der Waals surface area contributed by atoms with E-state index in [0.717, 1.165) is 24.7 Å². The summed E-state index contributed by atoms with van der Waals surface area (Å²) in [4.78, 5) is 24.9. The van der Waals surface area contributed by atoms with E-state index in [1.165, 1.54) is 0 Å². The number of anilines is 1. The van der Waals surface area contributed by atoms with Crippen molar-refractivity contribution in [2.45, 2.75) is 19.8 Å². The summed E-state index contributed by atoms with van der Waals surface area (Å²) in [6.45, 7) is 6.91. The van der Waals surface area contributed by atoms with Crippen molar-refractivity contribution < 1.29 is 4.79 Å². The lowest BCUT2D eigenvalue weighted by atomic mass is 10.1. The maximum absolute atomic E-state index is 12.5. The monoisotopic (exact) mass is 300 g/mol. The van der Waals surface area contributed by atoms with Crippen molar-refractivity contribution in [2.24, 2.45) is 0 Å². The van der Waals surface area contributed by atoms with Gasteiger partial charge in [-0.25, -0.2) is 9.97 Å². The number of aromatic nitrogens is 4. The fourth-order valence-corrected chi connectivity index (χ4v) is 2.48. The number of H-pyrrole nitrogens is 1. The summed E-state index contributed by atoms with van der Waals surface area (Å²) in [5.74, 6) is 1.04. The Balaban J connectivity index is 1.62. The first-order valence-electron chi connectivity index (χ1n) is 7.51. The second-order valence-corrected chi connectivity index (χ2v) is 5.69. The number of hydrogen-bond acceptors (Lipinski definition) is 5. The van der Waals surface area contributed by atoms with Crippen molar-refractivity contribution in [2.75, 3.05) is 31.1 Å². The molecule has 1 saturated heterocycles. The first-order chi connectivity index (χ1) is 10.6. The zero-order valence-electron chi connectivity index (χ0n) is 12.9. The Hall–Kier alpha value is -2.44. The number of amides is 1. The molecule has 0 aliphatic carbocycles. The number of rotatable bonds is 3. The molecule has 0 radical (unpaired) electrons. The molecular formula is C15H20N6O. The maximum atomic E-state index is 12.5. The van der Waals surface area contributed by atoms with Gasteiger partial charge in [0.2, 0.25) is 5.95 Å². The first kappa shape index (κ1) is 14.5. The van der Waals surface area contributed by atoms with Crippen molar-refractivity contribution in [3.05, 3.63) is 35.9 Å². The van der Waals surface area contributed by atoms with Gasteiger partial charge in [0.15, 0.2) is 0 Å². The molecule has 3 rings (SSSR count). The Morgan fingerprint density at radius 2 is 1.86 bits per heavy atom. The van der Waals surface area contributed by atoms with Crippen LogP contribution in [0, 0.1) is 0 Å². The molecule has 1 aliphatic heterocycles. The summed E-state index contributed by atoms with van der Waals surface area (Å²) in [6.07, 6.45) is 3.47. The predicted molar refractivity (Wildman–Crippen MR) is 82.8 cm³/mol. The predicted octanol–water partition coefficient (Wildman–Crippen LogP) is 1.29. The zero-order valence-corrected chi connectivity index (χ0v) is 12.9. The van der Waals surface area contributed by atoms with Crippen LogP contribution in [-0.2, 0) is 0 Å². The molecule has 0 atom stereocenters. The van der Waals surface area contributed by atoms with Crippen LogP contribution < -0.4 is 4.90 Å². The third-order valence-corrected chi connectivity index (χ3v) is 3.82. The number of piperazine rings is 1. The molecule has 0 spiro atoms. The molecule has 0 aromatic carbocycles. The molecule has 0 unspecified atom stereocenters. The molecule has 1 N–H and O–H groups in total. The van der Waals surface area contributed by atoms with E-state index in [-0.39, 0.29) is 5.91 Å². The van der Waals surface area contributed by atoms with Crippen molar-refractivity contribution in [3.63, 3.8) is 0 Å². The third-order valence-electron chi connectivity index (χ3n) is 3.82. The van der Waals surface area contributed by atoms with E-state index in [1.807, 2.05) is 11.0 Å². The van der Waals surface area contributed by atoms with Crippen LogP contribution in [-0.4, -0.2) is 57.2 Å². The molecule has 2 aromatic rings. The fourth-order valence-electron chi connectivity index (χ4n) is 2.48. The summed E-state index contributed by atoms with van der Waals surface area (Å²) in [5.41, 5.74) is 1.48. The molecule has 22 heavy (non-hydrogen) atoms. The van der Waals surface area contributed by atoms with Crippen LogP contribution in [0.25, 0.3) is 0 Å². The quantitative estimate of drug-likeness (QED) is 0.924. The second-order valence-electron chi connectivity index (χ2n) is 5.69. The number of nitrogens with one attached hydrogen (secondary N) is 1. The molecule has 3 heterocycles. The number of hydrogen-bond donors (Lipinski definition) is 1. The zero-order chi connectivity index (χ0) is 15.5. The minimum absolute atomic E-state index is 0.00744. The summed E-state index contributed by atoms with van der Waals surface area (Å²) >= 11 is 0. The Morgan fingerprint density at radius 3 is 2.45 bits per heavy atom. The first-order valence-corrected chi connectivity index (χ1v) is 7.51. The third kappa shape index (κ3) is 2.93. The summed E-state index contributed by atoms with van der Waals surface area (Å²) in [7, 11) is 0. The van der Waals surface area contributed by atoms with Gasteiger partial charge in [-0.2, -0.15) is 5.10 Å². The average Bonchev–Trinajstić information content (AvgIpc) is 3.05. The van der Waals surface area contributed by atoms with Gasteiger partial charge in [-0.1, -0.05) is 13.8 Å². The lowest BCUT2D eigenvalue weighted by Crippen LogP contribution is -2.49. The van der Waals surface area contributed by atoms with E-state index in [4.69, 9.17) is 0 Å². The summed E-state index contributed by atoms with van der Waals surface area (Å²) < 4.78 is 0. The summed E-state index contributed by atoms with van der Waals surface area (Å²) in [5, 5.41) is 7.04. The largest absolute Gasteiger partial charge is 0.337 e. The van der Waals surface area contributed by atoms with Crippen molar-refractivity contribution in [1.82, 2.24) is 25.1 Å². The lowest BCUT2D eigenvalue weighted by molar-refractivity contribution is 0.0740. The number of nitrogens with zero attached hydrogens (tertiary/aromatic N) is 5. The van der Waals surface area contributed by atoms with E-state index in [9.17, 15) is 4.79 Å². The Kier molecular flexibility index (Phi) is 4.04. The second kappa shape index (κ2) is 6.13. The highest BCUT2D eigenvalue weighted by molar-refractivity contribution is 5.92. The van der Waals surface area contributed by atoms with Gasteiger partial charge in [0.1, 0.15) is 5.69 Å². The number of carbonyl (C=O) groups excluding carboxylic acids is 1. The molecular weight excluding hydrogens is 280 g/mol. The van der Waals surface area contributed by atoms with Gasteiger partial charge in [-0.05, 0) is 18.1 Å². The van der Waals surface area contributed by atoms with E-state index in [2.05, 4.69) is 38.9 Å². The van der Waals surface area contributed by atoms with Crippen LogP contribution in [0.1, 0.15) is 35.9 Å². The smallest absolute Gasteiger partial charge is 0.271 e.